The van der Waals surface area contributed by atoms with Gasteiger partial charge in [-0.25, -0.2) is 4.79 Å². The Labute approximate surface area is 138 Å². The largest absolute Gasteiger partial charge is 0.478 e. The van der Waals surface area contributed by atoms with E-state index in [1.165, 1.54) is 19.3 Å². The maximum absolute atomic E-state index is 9.43. The summed E-state index contributed by atoms with van der Waals surface area (Å²) >= 11 is 0. The van der Waals surface area contributed by atoms with E-state index in [0.29, 0.717) is 26.4 Å². The van der Waals surface area contributed by atoms with E-state index in [9.17, 15) is 9.90 Å². The quantitative estimate of drug-likeness (QED) is 0.237. The fourth-order valence-electron chi connectivity index (χ4n) is 1.44. The molecule has 7 heteroatoms. The van der Waals surface area contributed by atoms with E-state index in [4.69, 9.17) is 24.4 Å². The summed E-state index contributed by atoms with van der Waals surface area (Å²) in [4.78, 5) is 9.25. The fourth-order valence-corrected chi connectivity index (χ4v) is 1.44. The molecule has 0 fully saturated rings. The summed E-state index contributed by atoms with van der Waals surface area (Å²) in [6.07, 6.45) is 5.84. The Balaban J connectivity index is 0. The first-order chi connectivity index (χ1) is 11.1. The summed E-state index contributed by atoms with van der Waals surface area (Å²) in [5, 5.41) is 25.5. The molecule has 0 bridgehead atoms. The fraction of sp³-hybridized carbons (Fsp3) is 0.812. The number of aliphatic hydroxyl groups excluding tert-OH is 2. The van der Waals surface area contributed by atoms with Gasteiger partial charge in [0.05, 0.1) is 33.0 Å². The van der Waals surface area contributed by atoms with Crippen molar-refractivity contribution in [3.05, 3.63) is 12.7 Å². The monoisotopic (exact) mass is 336 g/mol. The van der Waals surface area contributed by atoms with Gasteiger partial charge < -0.3 is 29.5 Å². The number of carboxylic acids is 1. The zero-order valence-electron chi connectivity index (χ0n) is 14.1. The summed E-state index contributed by atoms with van der Waals surface area (Å²) in [6.45, 7) is 7.04. The van der Waals surface area contributed by atoms with E-state index in [0.717, 1.165) is 18.9 Å². The SMILES string of the molecule is C=CC(=O)O.CCCCCCCOC(O)COCCOCCO. The molecule has 0 amide bonds. The van der Waals surface area contributed by atoms with Crippen LogP contribution < -0.4 is 0 Å². The predicted octanol–water partition coefficient (Wildman–Crippen LogP) is 1.57. The van der Waals surface area contributed by atoms with Gasteiger partial charge in [0.1, 0.15) is 0 Å². The third kappa shape index (κ3) is 26.2. The average Bonchev–Trinajstić information content (AvgIpc) is 2.54. The summed E-state index contributed by atoms with van der Waals surface area (Å²) < 4.78 is 15.4. The van der Waals surface area contributed by atoms with Crippen LogP contribution in [0.5, 0.6) is 0 Å². The van der Waals surface area contributed by atoms with E-state index in [-0.39, 0.29) is 13.2 Å². The first kappa shape index (κ1) is 24.3. The van der Waals surface area contributed by atoms with E-state index in [1.54, 1.807) is 0 Å². The Morgan fingerprint density at radius 1 is 1.09 bits per heavy atom. The second-order valence-electron chi connectivity index (χ2n) is 4.69. The van der Waals surface area contributed by atoms with Crippen molar-refractivity contribution in [2.24, 2.45) is 0 Å². The number of unbranched alkanes of at least 4 members (excludes halogenated alkanes) is 4. The van der Waals surface area contributed by atoms with Crippen LogP contribution in [0.4, 0.5) is 0 Å². The van der Waals surface area contributed by atoms with Gasteiger partial charge in [0, 0.05) is 12.7 Å². The summed E-state index contributed by atoms with van der Waals surface area (Å²) in [6, 6.07) is 0. The average molecular weight is 336 g/mol. The van der Waals surface area contributed by atoms with E-state index in [2.05, 4.69) is 13.5 Å². The number of aliphatic carboxylic acids is 1. The van der Waals surface area contributed by atoms with Gasteiger partial charge in [0.2, 0.25) is 0 Å². The molecule has 0 saturated heterocycles. The van der Waals surface area contributed by atoms with Crippen molar-refractivity contribution in [2.75, 3.05) is 39.6 Å². The number of carbonyl (C=O) groups is 1. The first-order valence-electron chi connectivity index (χ1n) is 7.99. The first-order valence-corrected chi connectivity index (χ1v) is 7.99. The molecule has 0 spiro atoms. The zero-order chi connectivity index (χ0) is 17.8. The molecular formula is C16H32O7. The highest BCUT2D eigenvalue weighted by atomic mass is 16.6. The third-order valence-corrected chi connectivity index (χ3v) is 2.60. The Bertz CT molecular complexity index is 243. The van der Waals surface area contributed by atoms with Crippen molar-refractivity contribution < 1.29 is 34.3 Å². The van der Waals surface area contributed by atoms with Crippen molar-refractivity contribution >= 4 is 5.97 Å². The normalized spacial score (nSPS) is 11.4. The molecule has 1 atom stereocenters. The van der Waals surface area contributed by atoms with E-state index in [1.807, 2.05) is 0 Å². The molecule has 0 aromatic carbocycles. The molecule has 0 aromatic rings. The molecule has 0 aliphatic rings. The van der Waals surface area contributed by atoms with Crippen molar-refractivity contribution in [2.45, 2.75) is 45.3 Å². The summed E-state index contributed by atoms with van der Waals surface area (Å²) in [7, 11) is 0. The predicted molar refractivity (Wildman–Crippen MR) is 87.3 cm³/mol. The zero-order valence-corrected chi connectivity index (χ0v) is 14.1. The lowest BCUT2D eigenvalue weighted by atomic mass is 10.2. The minimum Gasteiger partial charge on any atom is -0.478 e. The van der Waals surface area contributed by atoms with Crippen LogP contribution in [0.25, 0.3) is 0 Å². The van der Waals surface area contributed by atoms with Gasteiger partial charge in [-0.05, 0) is 6.42 Å². The second-order valence-corrected chi connectivity index (χ2v) is 4.69. The molecule has 3 N–H and O–H groups in total. The third-order valence-electron chi connectivity index (χ3n) is 2.60. The number of ether oxygens (including phenoxy) is 3. The van der Waals surface area contributed by atoms with Crippen molar-refractivity contribution in [1.29, 1.82) is 0 Å². The van der Waals surface area contributed by atoms with Crippen LogP contribution in [0, 0.1) is 0 Å². The molecule has 0 radical (unpaired) electrons. The molecular weight excluding hydrogens is 304 g/mol. The van der Waals surface area contributed by atoms with Gasteiger partial charge in [-0.1, -0.05) is 39.2 Å². The molecule has 0 rings (SSSR count). The standard InChI is InChI=1S/C13H28O5.C3H4O2/c1-2-3-4-5-6-8-18-13(15)12-17-11-10-16-9-7-14;1-2-3(4)5/h13-15H,2-12H2,1H3;2H,1H2,(H,4,5). The van der Waals surface area contributed by atoms with Crippen LogP contribution in [0.2, 0.25) is 0 Å². The smallest absolute Gasteiger partial charge is 0.327 e. The minimum absolute atomic E-state index is 0.0176. The number of hydrogen-bond donors (Lipinski definition) is 3. The van der Waals surface area contributed by atoms with Crippen LogP contribution in [0.3, 0.4) is 0 Å². The molecule has 138 valence electrons. The highest BCUT2D eigenvalue weighted by Gasteiger charge is 2.03. The second kappa shape index (κ2) is 21.0. The highest BCUT2D eigenvalue weighted by molar-refractivity contribution is 5.78. The molecule has 7 nitrogen and oxygen atoms in total. The van der Waals surface area contributed by atoms with Gasteiger partial charge >= 0.3 is 5.97 Å². The molecule has 0 aliphatic carbocycles. The lowest BCUT2D eigenvalue weighted by Gasteiger charge is -2.12. The van der Waals surface area contributed by atoms with E-state index >= 15 is 0 Å². The maximum atomic E-state index is 9.43. The Morgan fingerprint density at radius 2 is 1.70 bits per heavy atom. The molecule has 0 aromatic heterocycles. The number of hydrogen-bond acceptors (Lipinski definition) is 6. The number of carboxylic acid groups (broad SMARTS) is 1. The summed E-state index contributed by atoms with van der Waals surface area (Å²) in [5.74, 6) is -0.981. The molecule has 23 heavy (non-hydrogen) atoms. The number of aliphatic hydroxyl groups is 2. The lowest BCUT2D eigenvalue weighted by molar-refractivity contribution is -0.141. The van der Waals surface area contributed by atoms with Gasteiger partial charge in [0.15, 0.2) is 6.29 Å². The van der Waals surface area contributed by atoms with Crippen molar-refractivity contribution in [1.82, 2.24) is 0 Å². The van der Waals surface area contributed by atoms with Crippen LogP contribution in [-0.2, 0) is 19.0 Å². The van der Waals surface area contributed by atoms with E-state index < -0.39 is 12.3 Å². The van der Waals surface area contributed by atoms with Crippen molar-refractivity contribution in [3.8, 4) is 0 Å². The number of rotatable bonds is 15. The Kier molecular flexibility index (Phi) is 22.2. The van der Waals surface area contributed by atoms with Gasteiger partial charge in [-0.15, -0.1) is 0 Å². The van der Waals surface area contributed by atoms with Gasteiger partial charge in [-0.2, -0.15) is 0 Å². The Morgan fingerprint density at radius 3 is 2.26 bits per heavy atom. The minimum atomic E-state index is -0.981. The molecule has 1 unspecified atom stereocenters. The topological polar surface area (TPSA) is 105 Å². The van der Waals surface area contributed by atoms with Crippen LogP contribution in [0.1, 0.15) is 39.0 Å². The van der Waals surface area contributed by atoms with Gasteiger partial charge in [0.25, 0.3) is 0 Å². The lowest BCUT2D eigenvalue weighted by Crippen LogP contribution is -2.21. The summed E-state index contributed by atoms with van der Waals surface area (Å²) in [5.41, 5.74) is 0. The van der Waals surface area contributed by atoms with Crippen LogP contribution in [-0.4, -0.2) is 67.2 Å². The molecule has 0 heterocycles. The van der Waals surface area contributed by atoms with Crippen molar-refractivity contribution in [3.63, 3.8) is 0 Å². The molecule has 0 aliphatic heterocycles. The maximum Gasteiger partial charge on any atom is 0.327 e. The van der Waals surface area contributed by atoms with Crippen LogP contribution >= 0.6 is 0 Å². The van der Waals surface area contributed by atoms with Crippen LogP contribution in [0.15, 0.2) is 12.7 Å². The van der Waals surface area contributed by atoms with Gasteiger partial charge in [-0.3, -0.25) is 0 Å². The molecule has 0 saturated carbocycles. The highest BCUT2D eigenvalue weighted by Crippen LogP contribution is 2.03. The Hall–Kier alpha value is -0.990.